The van der Waals surface area contributed by atoms with Crippen molar-refractivity contribution >= 4 is 8.80 Å². The Labute approximate surface area is 221 Å². The van der Waals surface area contributed by atoms with Crippen molar-refractivity contribution in [2.24, 2.45) is 11.8 Å². The van der Waals surface area contributed by atoms with Gasteiger partial charge in [0.1, 0.15) is 5.82 Å². The van der Waals surface area contributed by atoms with Crippen LogP contribution < -0.4 is 4.74 Å². The SMILES string of the molecule is CCCCC[Si@H]1CC[C@H](CCC2CCC(c3ccc(-c4ccc(OC(F)F)c(F)c4)c(F)c3)CC2)CC1. The molecule has 1 heterocycles. The van der Waals surface area contributed by atoms with Crippen LogP contribution in [0.2, 0.25) is 18.1 Å². The maximum absolute atomic E-state index is 15.0. The molecule has 204 valence electrons. The Morgan fingerprint density at radius 2 is 1.54 bits per heavy atom. The van der Waals surface area contributed by atoms with Crippen LogP contribution in [0.5, 0.6) is 5.75 Å². The standard InChI is InChI=1S/C31H42F4OSi/c1-2-3-4-17-37-18-15-23(16-19-37)6-5-22-7-9-24(10-8-22)25-11-13-27(28(32)20-25)26-12-14-30(29(33)21-26)36-31(34)35/h11-14,20-24,31,37H,2-10,15-19H2,1H3/t22?,23-,24?,37-. The fraction of sp³-hybridized carbons (Fsp3) is 0.613. The molecular weight excluding hydrogens is 492 g/mol. The lowest BCUT2D eigenvalue weighted by Gasteiger charge is -2.32. The first kappa shape index (κ1) is 28.2. The van der Waals surface area contributed by atoms with Gasteiger partial charge in [-0.15, -0.1) is 0 Å². The molecule has 2 fully saturated rings. The van der Waals surface area contributed by atoms with Crippen molar-refractivity contribution in [1.29, 1.82) is 0 Å². The second-order valence-corrected chi connectivity index (χ2v) is 14.9. The van der Waals surface area contributed by atoms with Gasteiger partial charge in [-0.3, -0.25) is 0 Å². The zero-order valence-electron chi connectivity index (χ0n) is 22.2. The second-order valence-electron chi connectivity index (χ2n) is 11.4. The van der Waals surface area contributed by atoms with E-state index in [1.807, 2.05) is 6.07 Å². The van der Waals surface area contributed by atoms with Crippen LogP contribution in [-0.4, -0.2) is 15.4 Å². The van der Waals surface area contributed by atoms with Crippen LogP contribution in [0.15, 0.2) is 36.4 Å². The highest BCUT2D eigenvalue weighted by atomic mass is 28.3. The van der Waals surface area contributed by atoms with Gasteiger partial charge in [0.15, 0.2) is 11.6 Å². The highest BCUT2D eigenvalue weighted by molar-refractivity contribution is 6.58. The largest absolute Gasteiger partial charge is 0.432 e. The molecule has 1 aliphatic heterocycles. The topological polar surface area (TPSA) is 9.23 Å². The molecule has 0 bridgehead atoms. The number of rotatable bonds is 11. The third-order valence-electron chi connectivity index (χ3n) is 8.94. The van der Waals surface area contributed by atoms with E-state index < -0.39 is 32.8 Å². The summed E-state index contributed by atoms with van der Waals surface area (Å²) in [6.07, 6.45) is 14.6. The van der Waals surface area contributed by atoms with Crippen LogP contribution in [0.4, 0.5) is 17.6 Å². The van der Waals surface area contributed by atoms with E-state index in [2.05, 4.69) is 11.7 Å². The van der Waals surface area contributed by atoms with E-state index in [0.29, 0.717) is 11.5 Å². The van der Waals surface area contributed by atoms with Gasteiger partial charge in [-0.1, -0.05) is 88.2 Å². The molecule has 0 radical (unpaired) electrons. The molecule has 0 unspecified atom stereocenters. The Balaban J connectivity index is 1.23. The minimum atomic E-state index is -3.10. The predicted octanol–water partition coefficient (Wildman–Crippen LogP) is 10.1. The molecule has 0 aromatic heterocycles. The van der Waals surface area contributed by atoms with Gasteiger partial charge in [0.2, 0.25) is 0 Å². The van der Waals surface area contributed by atoms with Crippen molar-refractivity contribution < 1.29 is 22.3 Å². The summed E-state index contributed by atoms with van der Waals surface area (Å²) in [6.45, 7) is -0.808. The van der Waals surface area contributed by atoms with Gasteiger partial charge in [-0.05, 0) is 72.8 Å². The Morgan fingerprint density at radius 3 is 2.16 bits per heavy atom. The van der Waals surface area contributed by atoms with Gasteiger partial charge >= 0.3 is 6.61 Å². The van der Waals surface area contributed by atoms with Crippen molar-refractivity contribution in [2.75, 3.05) is 0 Å². The molecule has 0 atom stereocenters. The Morgan fingerprint density at radius 1 is 0.838 bits per heavy atom. The molecule has 0 amide bonds. The number of ether oxygens (including phenoxy) is 1. The maximum Gasteiger partial charge on any atom is 0.387 e. The van der Waals surface area contributed by atoms with E-state index in [-0.39, 0.29) is 5.56 Å². The molecule has 4 rings (SSSR count). The van der Waals surface area contributed by atoms with Gasteiger partial charge in [0.25, 0.3) is 0 Å². The Hall–Kier alpha value is -1.82. The monoisotopic (exact) mass is 534 g/mol. The average Bonchev–Trinajstić information content (AvgIpc) is 2.90. The lowest BCUT2D eigenvalue weighted by Crippen LogP contribution is -2.22. The summed E-state index contributed by atoms with van der Waals surface area (Å²) in [6, 6.07) is 13.5. The zero-order valence-corrected chi connectivity index (χ0v) is 23.3. The second kappa shape index (κ2) is 13.8. The van der Waals surface area contributed by atoms with Crippen molar-refractivity contribution in [3.05, 3.63) is 53.6 Å². The fourth-order valence-electron chi connectivity index (χ4n) is 6.63. The first-order valence-electron chi connectivity index (χ1n) is 14.5. The number of unbranched alkanes of at least 4 members (excludes halogenated alkanes) is 2. The Bertz CT molecular complexity index is 981. The van der Waals surface area contributed by atoms with Crippen molar-refractivity contribution in [2.45, 2.75) is 108 Å². The molecule has 37 heavy (non-hydrogen) atoms. The van der Waals surface area contributed by atoms with E-state index in [4.69, 9.17) is 0 Å². The van der Waals surface area contributed by atoms with Crippen LogP contribution in [0, 0.1) is 23.5 Å². The lowest BCUT2D eigenvalue weighted by atomic mass is 9.76. The number of hydrogen-bond acceptors (Lipinski definition) is 1. The molecular formula is C31H42F4OSi. The predicted molar refractivity (Wildman–Crippen MR) is 146 cm³/mol. The molecule has 0 N–H and O–H groups in total. The van der Waals surface area contributed by atoms with Crippen LogP contribution in [0.1, 0.15) is 89.0 Å². The maximum atomic E-state index is 15.0. The van der Waals surface area contributed by atoms with Gasteiger partial charge in [-0.2, -0.15) is 8.78 Å². The number of halogens is 4. The first-order chi connectivity index (χ1) is 17.9. The van der Waals surface area contributed by atoms with E-state index in [1.165, 1.54) is 63.9 Å². The zero-order chi connectivity index (χ0) is 26.2. The minimum Gasteiger partial charge on any atom is -0.432 e. The van der Waals surface area contributed by atoms with E-state index >= 15 is 0 Å². The molecule has 1 nitrogen and oxygen atoms in total. The summed E-state index contributed by atoms with van der Waals surface area (Å²) in [5.41, 5.74) is 1.58. The van der Waals surface area contributed by atoms with Gasteiger partial charge in [0, 0.05) is 14.4 Å². The van der Waals surface area contributed by atoms with Crippen molar-refractivity contribution in [1.82, 2.24) is 0 Å². The smallest absolute Gasteiger partial charge is 0.387 e. The molecule has 2 aromatic carbocycles. The van der Waals surface area contributed by atoms with Gasteiger partial charge in [-0.25, -0.2) is 8.78 Å². The normalized spacial score (nSPS) is 24.4. The molecule has 2 aliphatic rings. The quantitative estimate of drug-likeness (QED) is 0.158. The fourth-order valence-corrected chi connectivity index (χ4v) is 10.2. The summed E-state index contributed by atoms with van der Waals surface area (Å²) >= 11 is 0. The first-order valence-corrected chi connectivity index (χ1v) is 16.9. The molecule has 1 saturated heterocycles. The van der Waals surface area contributed by atoms with Crippen LogP contribution >= 0.6 is 0 Å². The number of alkyl halides is 2. The van der Waals surface area contributed by atoms with Crippen LogP contribution in [0.3, 0.4) is 0 Å². The minimum absolute atomic E-state index is 0.267. The summed E-state index contributed by atoms with van der Waals surface area (Å²) in [4.78, 5) is 0. The Kier molecular flexibility index (Phi) is 10.5. The van der Waals surface area contributed by atoms with Crippen LogP contribution in [0.25, 0.3) is 11.1 Å². The van der Waals surface area contributed by atoms with Crippen molar-refractivity contribution in [3.63, 3.8) is 0 Å². The van der Waals surface area contributed by atoms with Gasteiger partial charge < -0.3 is 4.74 Å². The molecule has 2 aromatic rings. The summed E-state index contributed by atoms with van der Waals surface area (Å²) in [5.74, 6) is 0.247. The van der Waals surface area contributed by atoms with Crippen molar-refractivity contribution in [3.8, 4) is 16.9 Å². The molecule has 0 spiro atoms. The molecule has 6 heteroatoms. The van der Waals surface area contributed by atoms with E-state index in [9.17, 15) is 17.6 Å². The summed E-state index contributed by atoms with van der Waals surface area (Å²) < 4.78 is 58.0. The molecule has 1 aliphatic carbocycles. The van der Waals surface area contributed by atoms with E-state index in [1.54, 1.807) is 30.3 Å². The number of benzene rings is 2. The number of hydrogen-bond donors (Lipinski definition) is 0. The summed E-state index contributed by atoms with van der Waals surface area (Å²) in [7, 11) is -0.419. The summed E-state index contributed by atoms with van der Waals surface area (Å²) in [5, 5.41) is 0. The highest BCUT2D eigenvalue weighted by Gasteiger charge is 2.26. The van der Waals surface area contributed by atoms with E-state index in [0.717, 1.165) is 42.4 Å². The third-order valence-corrected chi connectivity index (χ3v) is 12.5. The van der Waals surface area contributed by atoms with Crippen LogP contribution in [-0.2, 0) is 0 Å². The lowest BCUT2D eigenvalue weighted by molar-refractivity contribution is -0.0521. The third kappa shape index (κ3) is 8.08. The van der Waals surface area contributed by atoms with Gasteiger partial charge in [0.05, 0.1) is 0 Å². The molecule has 1 saturated carbocycles. The average molecular weight is 535 g/mol. The highest BCUT2D eigenvalue weighted by Crippen LogP contribution is 2.40.